The Morgan fingerprint density at radius 2 is 1.74 bits per heavy atom. The topological polar surface area (TPSA) is 68.1 Å². The Balaban J connectivity index is 1.39. The lowest BCUT2D eigenvalue weighted by Crippen LogP contribution is -2.45. The van der Waals surface area contributed by atoms with Gasteiger partial charge in [-0.05, 0) is 11.6 Å². The van der Waals surface area contributed by atoms with Gasteiger partial charge in [-0.2, -0.15) is 13.2 Å². The van der Waals surface area contributed by atoms with Gasteiger partial charge in [0.1, 0.15) is 5.75 Å². The summed E-state index contributed by atoms with van der Waals surface area (Å²) in [5.41, 5.74) is 1.41. The van der Waals surface area contributed by atoms with Crippen LogP contribution in [-0.2, 0) is 30.6 Å². The molecule has 2 aromatic carbocycles. The zero-order valence-electron chi connectivity index (χ0n) is 16.7. The number of piperazine rings is 1. The van der Waals surface area contributed by atoms with Crippen molar-refractivity contribution < 1.29 is 27.6 Å². The van der Waals surface area contributed by atoms with Gasteiger partial charge in [0.15, 0.2) is 6.79 Å². The number of alkyl halides is 3. The van der Waals surface area contributed by atoms with Crippen molar-refractivity contribution in [2.24, 2.45) is 0 Å². The van der Waals surface area contributed by atoms with Crippen LogP contribution in [-0.4, -0.2) is 47.7 Å². The van der Waals surface area contributed by atoms with E-state index in [1.54, 1.807) is 12.1 Å². The molecule has 0 bridgehead atoms. The highest BCUT2D eigenvalue weighted by Crippen LogP contribution is 2.34. The van der Waals surface area contributed by atoms with Crippen LogP contribution in [0.5, 0.6) is 5.75 Å². The van der Waals surface area contributed by atoms with E-state index in [-0.39, 0.29) is 19.1 Å². The second-order valence-corrected chi connectivity index (χ2v) is 7.71. The van der Waals surface area contributed by atoms with Crippen molar-refractivity contribution in [1.82, 2.24) is 9.80 Å². The van der Waals surface area contributed by atoms with Gasteiger partial charge in [-0.3, -0.25) is 19.9 Å². The normalized spacial score (nSPS) is 17.8. The quantitative estimate of drug-likeness (QED) is 0.524. The summed E-state index contributed by atoms with van der Waals surface area (Å²) >= 11 is 0. The standard InChI is InChI=1S/C21H22F3N3O4/c22-21(23,24)18-3-1-2-15(8-18)11-25-4-6-26(7-5-25)12-16-9-19(27(28)29)10-17-13-30-14-31-20(16)17/h1-3,8-10H,4-7,11-14H2. The van der Waals surface area contributed by atoms with E-state index >= 15 is 0 Å². The Morgan fingerprint density at radius 3 is 2.42 bits per heavy atom. The molecule has 0 amide bonds. The Hall–Kier alpha value is -2.69. The zero-order chi connectivity index (χ0) is 22.0. The minimum absolute atomic E-state index is 0.00559. The number of nitrogens with zero attached hydrogens (tertiary/aromatic N) is 3. The third-order valence-electron chi connectivity index (χ3n) is 5.50. The van der Waals surface area contributed by atoms with E-state index in [1.165, 1.54) is 18.2 Å². The van der Waals surface area contributed by atoms with Crippen LogP contribution in [0.3, 0.4) is 0 Å². The van der Waals surface area contributed by atoms with Crippen LogP contribution < -0.4 is 4.74 Å². The van der Waals surface area contributed by atoms with Crippen LogP contribution in [0.4, 0.5) is 18.9 Å². The van der Waals surface area contributed by atoms with Crippen molar-refractivity contribution in [1.29, 1.82) is 0 Å². The number of nitro benzene ring substituents is 1. The lowest BCUT2D eigenvalue weighted by atomic mass is 10.1. The van der Waals surface area contributed by atoms with E-state index in [2.05, 4.69) is 9.80 Å². The zero-order valence-corrected chi connectivity index (χ0v) is 16.7. The largest absolute Gasteiger partial charge is 0.467 e. The first-order chi connectivity index (χ1) is 14.8. The Labute approximate surface area is 177 Å². The fourth-order valence-electron chi connectivity index (χ4n) is 3.95. The highest BCUT2D eigenvalue weighted by molar-refractivity contribution is 5.50. The van der Waals surface area contributed by atoms with E-state index in [0.717, 1.165) is 11.6 Å². The molecule has 166 valence electrons. The number of non-ortho nitro benzene ring substituents is 1. The molecule has 0 saturated carbocycles. The number of halogens is 3. The van der Waals surface area contributed by atoms with Crippen LogP contribution in [0.1, 0.15) is 22.3 Å². The second-order valence-electron chi connectivity index (χ2n) is 7.71. The fraction of sp³-hybridized carbons (Fsp3) is 0.429. The molecule has 10 heteroatoms. The maximum atomic E-state index is 12.9. The number of ether oxygens (including phenoxy) is 2. The number of fused-ring (bicyclic) bond motifs is 1. The smallest absolute Gasteiger partial charge is 0.416 e. The highest BCUT2D eigenvalue weighted by atomic mass is 19.4. The summed E-state index contributed by atoms with van der Waals surface area (Å²) in [6, 6.07) is 8.43. The van der Waals surface area contributed by atoms with E-state index in [0.29, 0.717) is 56.1 Å². The van der Waals surface area contributed by atoms with Crippen molar-refractivity contribution in [2.75, 3.05) is 33.0 Å². The number of rotatable bonds is 5. The molecule has 0 aliphatic carbocycles. The lowest BCUT2D eigenvalue weighted by Gasteiger charge is -2.35. The van der Waals surface area contributed by atoms with Gasteiger partial charge in [-0.15, -0.1) is 0 Å². The Kier molecular flexibility index (Phi) is 6.12. The molecule has 0 atom stereocenters. The Morgan fingerprint density at radius 1 is 1.03 bits per heavy atom. The first-order valence-electron chi connectivity index (χ1n) is 9.91. The van der Waals surface area contributed by atoms with Gasteiger partial charge in [0.2, 0.25) is 0 Å². The summed E-state index contributed by atoms with van der Waals surface area (Å²) in [5, 5.41) is 11.3. The highest BCUT2D eigenvalue weighted by Gasteiger charge is 2.30. The van der Waals surface area contributed by atoms with E-state index in [4.69, 9.17) is 9.47 Å². The monoisotopic (exact) mass is 437 g/mol. The summed E-state index contributed by atoms with van der Waals surface area (Å²) in [6.07, 6.45) is -4.35. The molecule has 2 aliphatic rings. The number of hydrogen-bond donors (Lipinski definition) is 0. The molecule has 2 aliphatic heterocycles. The van der Waals surface area contributed by atoms with Gasteiger partial charge in [-0.25, -0.2) is 0 Å². The summed E-state index contributed by atoms with van der Waals surface area (Å²) in [6.45, 7) is 4.12. The molecule has 0 radical (unpaired) electrons. The van der Waals surface area contributed by atoms with Crippen molar-refractivity contribution in [3.8, 4) is 5.75 Å². The van der Waals surface area contributed by atoms with E-state index < -0.39 is 16.7 Å². The van der Waals surface area contributed by atoms with Gasteiger partial charge in [0.05, 0.1) is 17.1 Å². The van der Waals surface area contributed by atoms with Crippen molar-refractivity contribution >= 4 is 5.69 Å². The maximum Gasteiger partial charge on any atom is 0.416 e. The number of hydrogen-bond acceptors (Lipinski definition) is 6. The van der Waals surface area contributed by atoms with Gasteiger partial charge >= 0.3 is 6.18 Å². The van der Waals surface area contributed by atoms with Gasteiger partial charge in [0.25, 0.3) is 5.69 Å². The average molecular weight is 437 g/mol. The van der Waals surface area contributed by atoms with Crippen LogP contribution in [0.25, 0.3) is 0 Å². The third-order valence-corrected chi connectivity index (χ3v) is 5.50. The molecular weight excluding hydrogens is 415 g/mol. The molecular formula is C21H22F3N3O4. The number of nitro groups is 1. The minimum Gasteiger partial charge on any atom is -0.467 e. The van der Waals surface area contributed by atoms with Crippen molar-refractivity contribution in [3.05, 3.63) is 68.8 Å². The molecule has 7 nitrogen and oxygen atoms in total. The first kappa shape index (κ1) is 21.5. The van der Waals surface area contributed by atoms with Gasteiger partial charge in [-0.1, -0.05) is 18.2 Å². The van der Waals surface area contributed by atoms with Crippen LogP contribution in [0.15, 0.2) is 36.4 Å². The van der Waals surface area contributed by atoms with Crippen LogP contribution in [0.2, 0.25) is 0 Å². The van der Waals surface area contributed by atoms with Gasteiger partial charge < -0.3 is 9.47 Å². The Bertz CT molecular complexity index is 959. The van der Waals surface area contributed by atoms with Crippen molar-refractivity contribution in [3.63, 3.8) is 0 Å². The molecule has 0 aromatic heterocycles. The molecule has 1 fully saturated rings. The van der Waals surface area contributed by atoms with Crippen LogP contribution in [0, 0.1) is 10.1 Å². The molecule has 1 saturated heterocycles. The second kappa shape index (κ2) is 8.81. The minimum atomic E-state index is -4.35. The number of benzene rings is 2. The molecule has 4 rings (SSSR count). The predicted octanol–water partition coefficient (Wildman–Crippen LogP) is 3.80. The summed E-state index contributed by atoms with van der Waals surface area (Å²) in [7, 11) is 0. The summed E-state index contributed by atoms with van der Waals surface area (Å²) in [5.74, 6) is 0.642. The van der Waals surface area contributed by atoms with E-state index in [1.807, 2.05) is 0 Å². The van der Waals surface area contributed by atoms with Gasteiger partial charge in [0, 0.05) is 62.5 Å². The molecule has 0 spiro atoms. The molecule has 2 heterocycles. The molecule has 0 N–H and O–H groups in total. The summed E-state index contributed by atoms with van der Waals surface area (Å²) < 4.78 is 49.6. The lowest BCUT2D eigenvalue weighted by molar-refractivity contribution is -0.385. The third kappa shape index (κ3) is 5.15. The predicted molar refractivity (Wildman–Crippen MR) is 105 cm³/mol. The average Bonchev–Trinajstić information content (AvgIpc) is 2.74. The molecule has 31 heavy (non-hydrogen) atoms. The molecule has 0 unspecified atom stereocenters. The SMILES string of the molecule is O=[N+]([O-])c1cc2c(c(CN3CCN(Cc4cccc(C(F)(F)F)c4)CC3)c1)OCOC2. The maximum absolute atomic E-state index is 12.9. The summed E-state index contributed by atoms with van der Waals surface area (Å²) in [4.78, 5) is 15.1. The van der Waals surface area contributed by atoms with Crippen LogP contribution >= 0.6 is 0 Å². The fourth-order valence-corrected chi connectivity index (χ4v) is 3.95. The van der Waals surface area contributed by atoms with E-state index in [9.17, 15) is 23.3 Å². The first-order valence-corrected chi connectivity index (χ1v) is 9.91. The van der Waals surface area contributed by atoms with Crippen molar-refractivity contribution in [2.45, 2.75) is 25.9 Å². The molecule has 2 aromatic rings.